The third kappa shape index (κ3) is 3.17. The number of aromatic nitrogens is 1. The van der Waals surface area contributed by atoms with Crippen LogP contribution in [0.15, 0.2) is 12.1 Å². The molecule has 30 heavy (non-hydrogen) atoms. The zero-order valence-electron chi connectivity index (χ0n) is 13.9. The summed E-state index contributed by atoms with van der Waals surface area (Å²) in [5, 5.41) is 8.60. The molecular weight excluding hydrogens is 458 g/mol. The first kappa shape index (κ1) is 25.2. The number of carbonyl (C=O) groups is 1. The average molecular weight is 464 g/mol. The highest BCUT2D eigenvalue weighted by atomic mass is 19.4. The monoisotopic (exact) mass is 464 g/mol. The Morgan fingerprint density at radius 3 is 1.80 bits per heavy atom. The number of nitrogens with zero attached hydrogens (tertiary/aromatic N) is 3. The summed E-state index contributed by atoms with van der Waals surface area (Å²) in [6.45, 7) is 0. The van der Waals surface area contributed by atoms with Crippen molar-refractivity contribution in [3.8, 4) is 6.07 Å². The molecule has 1 aromatic rings. The van der Waals surface area contributed by atoms with Gasteiger partial charge in [0.15, 0.2) is 10.5 Å². The molecule has 0 atom stereocenters. The molecule has 0 bridgehead atoms. The Hall–Kier alpha value is -2.80. The lowest BCUT2D eigenvalue weighted by molar-refractivity contribution is -0.666. The highest BCUT2D eigenvalue weighted by Gasteiger charge is 2.93. The van der Waals surface area contributed by atoms with Gasteiger partial charge in [0.05, 0.1) is 0 Å². The van der Waals surface area contributed by atoms with Crippen LogP contribution < -0.4 is 0 Å². The van der Waals surface area contributed by atoms with Gasteiger partial charge in [0.1, 0.15) is 11.8 Å². The first-order chi connectivity index (χ1) is 13.2. The van der Waals surface area contributed by atoms with Gasteiger partial charge in [-0.3, -0.25) is 0 Å². The van der Waals surface area contributed by atoms with E-state index >= 15 is 0 Å². The minimum Gasteiger partial charge on any atom is -0.327 e. The van der Waals surface area contributed by atoms with E-state index in [4.69, 9.17) is 5.26 Å². The molecular formula is C13H6F12N3O2+. The smallest absolute Gasteiger partial charge is 0.327 e. The fourth-order valence-corrected chi connectivity index (χ4v) is 1.93. The molecule has 1 heterocycles. The third-order valence-corrected chi connectivity index (χ3v) is 3.75. The van der Waals surface area contributed by atoms with Gasteiger partial charge in [0.2, 0.25) is 0 Å². The first-order valence-electron chi connectivity index (χ1n) is 6.98. The summed E-state index contributed by atoms with van der Waals surface area (Å²) >= 11 is 0. The fraction of sp³-hybridized carbons (Fsp3) is 0.538. The van der Waals surface area contributed by atoms with Crippen LogP contribution in [0.2, 0.25) is 0 Å². The third-order valence-electron chi connectivity index (χ3n) is 3.75. The zero-order chi connectivity index (χ0) is 24.1. The zero-order valence-corrected chi connectivity index (χ0v) is 13.9. The Balaban J connectivity index is 3.51. The van der Waals surface area contributed by atoms with E-state index in [2.05, 4.69) is 0 Å². The van der Waals surface area contributed by atoms with E-state index in [-0.39, 0.29) is 0 Å². The number of rotatable bonds is 7. The summed E-state index contributed by atoms with van der Waals surface area (Å²) < 4.78 is 154. The molecule has 0 fully saturated rings. The number of carbonyl (C=O) groups excluding carboxylic acids is 1. The van der Waals surface area contributed by atoms with Crippen molar-refractivity contribution in [2.75, 3.05) is 0 Å². The molecule has 0 aromatic carbocycles. The second-order valence-corrected chi connectivity index (χ2v) is 5.56. The second-order valence-electron chi connectivity index (χ2n) is 5.56. The van der Waals surface area contributed by atoms with E-state index in [0.717, 1.165) is 7.05 Å². The summed E-state index contributed by atoms with van der Waals surface area (Å²) in [7, 11) is 0.752. The Labute approximate surface area is 157 Å². The molecule has 168 valence electrons. The minimum atomic E-state index is -7.95. The standard InChI is InChI=1S/C13H6F12N3O2/c1-27-5(4-26)2-3-6(27)7(29)28(30)13(24,25)12(22,23)11(20,21)10(18,19)9(16,17)8(14)15/h2-3,8H,1H3/q+1. The van der Waals surface area contributed by atoms with Gasteiger partial charge in [-0.25, -0.2) is 13.6 Å². The van der Waals surface area contributed by atoms with Gasteiger partial charge in [0, 0.05) is 12.0 Å². The van der Waals surface area contributed by atoms with Crippen LogP contribution in [0, 0.1) is 16.2 Å². The molecule has 0 unspecified atom stereocenters. The van der Waals surface area contributed by atoms with Gasteiger partial charge in [-0.2, -0.15) is 40.4 Å². The maximum Gasteiger partial charge on any atom is 0.582 e. The molecule has 1 aromatic heterocycles. The number of halogens is 12. The van der Waals surface area contributed by atoms with Crippen LogP contribution in [0.25, 0.3) is 0 Å². The van der Waals surface area contributed by atoms with Crippen LogP contribution in [0.4, 0.5) is 52.7 Å². The van der Waals surface area contributed by atoms with Gasteiger partial charge >= 0.3 is 42.1 Å². The molecule has 0 aliphatic heterocycles. The van der Waals surface area contributed by atoms with E-state index in [1.165, 1.54) is 6.07 Å². The van der Waals surface area contributed by atoms with E-state index in [0.29, 0.717) is 16.7 Å². The maximum atomic E-state index is 13.7. The average Bonchev–Trinajstić information content (AvgIpc) is 2.99. The van der Waals surface area contributed by atoms with Crippen molar-refractivity contribution in [1.82, 2.24) is 4.57 Å². The summed E-state index contributed by atoms with van der Waals surface area (Å²) in [6.07, 6.45) is -5.69. The number of hydrogen-bond donors (Lipinski definition) is 0. The lowest BCUT2D eigenvalue weighted by atomic mass is 9.97. The summed E-state index contributed by atoms with van der Waals surface area (Å²) in [4.78, 5) is 23.0. The highest BCUT2D eigenvalue weighted by Crippen LogP contribution is 2.58. The quantitative estimate of drug-likeness (QED) is 0.345. The van der Waals surface area contributed by atoms with Crippen LogP contribution in [0.5, 0.6) is 0 Å². The lowest BCUT2D eigenvalue weighted by Gasteiger charge is -2.35. The largest absolute Gasteiger partial charge is 0.582 e. The molecule has 0 aliphatic carbocycles. The van der Waals surface area contributed by atoms with Crippen LogP contribution in [-0.2, 0) is 7.05 Å². The van der Waals surface area contributed by atoms with Gasteiger partial charge in [-0.1, -0.05) is 0 Å². The number of alkyl halides is 12. The molecule has 0 radical (unpaired) electrons. The Kier molecular flexibility index (Phi) is 6.02. The van der Waals surface area contributed by atoms with Gasteiger partial charge in [-0.15, -0.1) is 8.78 Å². The highest BCUT2D eigenvalue weighted by molar-refractivity contribution is 5.86. The van der Waals surface area contributed by atoms with Gasteiger partial charge < -0.3 is 4.57 Å². The molecule has 1 amide bonds. The predicted octanol–water partition coefficient (Wildman–Crippen LogP) is 4.21. The summed E-state index contributed by atoms with van der Waals surface area (Å²) in [5.41, 5.74) is -1.82. The molecule has 0 aliphatic rings. The lowest BCUT2D eigenvalue weighted by Crippen LogP contribution is -2.70. The van der Waals surface area contributed by atoms with Crippen molar-refractivity contribution in [3.63, 3.8) is 0 Å². The van der Waals surface area contributed by atoms with E-state index in [9.17, 15) is 62.4 Å². The van der Waals surface area contributed by atoms with Crippen LogP contribution in [-0.4, -0.2) is 51.4 Å². The Morgan fingerprint density at radius 1 is 0.967 bits per heavy atom. The minimum absolute atomic E-state index is 0.346. The van der Waals surface area contributed by atoms with Crippen molar-refractivity contribution < 1.29 is 62.2 Å². The molecule has 0 saturated heterocycles. The van der Waals surface area contributed by atoms with Crippen LogP contribution in [0.3, 0.4) is 0 Å². The number of nitroso groups, excluding NO2 is 1. The van der Waals surface area contributed by atoms with E-state index in [1.54, 1.807) is 0 Å². The summed E-state index contributed by atoms with van der Waals surface area (Å²) in [6, 6.07) is -4.70. The normalized spacial score (nSPS) is 14.0. The van der Waals surface area contributed by atoms with Crippen molar-refractivity contribution >= 4 is 5.91 Å². The van der Waals surface area contributed by atoms with E-state index in [1.807, 2.05) is 0 Å². The van der Waals surface area contributed by atoms with E-state index < -0.39 is 58.2 Å². The molecule has 5 nitrogen and oxygen atoms in total. The maximum absolute atomic E-state index is 13.7. The van der Waals surface area contributed by atoms with Crippen molar-refractivity contribution in [3.05, 3.63) is 28.4 Å². The number of amides is 1. The Bertz CT molecular complexity index is 900. The summed E-state index contributed by atoms with van der Waals surface area (Å²) in [5.74, 6) is -33.5. The molecule has 1 rings (SSSR count). The second kappa shape index (κ2) is 7.16. The van der Waals surface area contributed by atoms with Crippen LogP contribution >= 0.6 is 0 Å². The van der Waals surface area contributed by atoms with Crippen molar-refractivity contribution in [2.24, 2.45) is 7.05 Å². The van der Waals surface area contributed by atoms with Gasteiger partial charge in [-0.05, 0) is 12.1 Å². The molecule has 0 saturated carbocycles. The fourth-order valence-electron chi connectivity index (χ4n) is 1.93. The molecule has 0 spiro atoms. The SMILES string of the molecule is Cn1c(C#N)ccc1C(=O)[N+](=O)C(F)(F)C(F)(F)C(F)(F)C(F)(F)C(F)(F)C(F)F. The van der Waals surface area contributed by atoms with Gasteiger partial charge in [0.25, 0.3) is 0 Å². The predicted molar refractivity (Wildman–Crippen MR) is 68.8 cm³/mol. The topological polar surface area (TPSA) is 65.9 Å². The number of nitriles is 1. The Morgan fingerprint density at radius 2 is 1.43 bits per heavy atom. The molecule has 17 heteroatoms. The first-order valence-corrected chi connectivity index (χ1v) is 6.98. The number of hydrogen-bond acceptors (Lipinski definition) is 3. The molecule has 0 N–H and O–H groups in total. The van der Waals surface area contributed by atoms with Crippen molar-refractivity contribution in [1.29, 1.82) is 5.26 Å². The van der Waals surface area contributed by atoms with Crippen LogP contribution in [0.1, 0.15) is 16.2 Å². The van der Waals surface area contributed by atoms with Crippen molar-refractivity contribution in [2.45, 2.75) is 36.2 Å².